The number of benzene rings is 2. The van der Waals surface area contributed by atoms with Gasteiger partial charge in [0.25, 0.3) is 0 Å². The van der Waals surface area contributed by atoms with E-state index in [2.05, 4.69) is 10.2 Å². The first-order chi connectivity index (χ1) is 15.5. The maximum absolute atomic E-state index is 12.8. The van der Waals surface area contributed by atoms with Gasteiger partial charge in [0.15, 0.2) is 11.5 Å². The number of piperazine rings is 1. The lowest BCUT2D eigenvalue weighted by molar-refractivity contribution is -0.134. The van der Waals surface area contributed by atoms with Crippen molar-refractivity contribution in [1.29, 1.82) is 0 Å². The molecular weight excluding hydrogens is 410 g/mol. The predicted molar refractivity (Wildman–Crippen MR) is 120 cm³/mol. The lowest BCUT2D eigenvalue weighted by atomic mass is 10.0. The number of hydrogen-bond donors (Lipinski definition) is 1. The summed E-state index contributed by atoms with van der Waals surface area (Å²) in [7, 11) is 1.63. The van der Waals surface area contributed by atoms with Gasteiger partial charge < -0.3 is 24.4 Å². The van der Waals surface area contributed by atoms with E-state index in [1.165, 1.54) is 0 Å². The summed E-state index contributed by atoms with van der Waals surface area (Å²) in [6.45, 7) is 4.75. The van der Waals surface area contributed by atoms with Crippen LogP contribution in [0.4, 0.5) is 5.69 Å². The molecule has 1 saturated heterocycles. The van der Waals surface area contributed by atoms with Crippen LogP contribution >= 0.6 is 0 Å². The molecule has 0 radical (unpaired) electrons. The summed E-state index contributed by atoms with van der Waals surface area (Å²) < 4.78 is 16.9. The third kappa shape index (κ3) is 4.96. The molecule has 170 valence electrons. The van der Waals surface area contributed by atoms with Gasteiger partial charge in [0.1, 0.15) is 5.75 Å². The maximum atomic E-state index is 12.8. The molecule has 2 heterocycles. The molecule has 2 aromatic carbocycles. The minimum absolute atomic E-state index is 0.0113. The summed E-state index contributed by atoms with van der Waals surface area (Å²) in [5.41, 5.74) is 1.61. The minimum atomic E-state index is -0.178. The van der Waals surface area contributed by atoms with Crippen molar-refractivity contribution in [2.24, 2.45) is 0 Å². The molecule has 0 bridgehead atoms. The standard InChI is InChI=1S/C24H29N3O5/c1-17(28)27-11-10-26(15-20(27)19-6-3-4-7-21(19)30-2)16-24(29)25-18-8-9-22-23(14-18)32-13-5-12-31-22/h3-4,6-9,14,20H,5,10-13,15-16H2,1-2H3,(H,25,29)/t20-/m0/s1. The third-order valence-corrected chi connectivity index (χ3v) is 5.77. The molecule has 1 fully saturated rings. The van der Waals surface area contributed by atoms with Gasteiger partial charge >= 0.3 is 0 Å². The molecule has 2 aromatic rings. The molecule has 32 heavy (non-hydrogen) atoms. The molecule has 0 unspecified atom stereocenters. The fourth-order valence-electron chi connectivity index (χ4n) is 4.21. The Bertz CT molecular complexity index is 980. The highest BCUT2D eigenvalue weighted by Crippen LogP contribution is 2.33. The highest BCUT2D eigenvalue weighted by atomic mass is 16.5. The molecule has 1 N–H and O–H groups in total. The van der Waals surface area contributed by atoms with E-state index in [0.29, 0.717) is 50.0 Å². The van der Waals surface area contributed by atoms with Crippen LogP contribution in [0.2, 0.25) is 0 Å². The lowest BCUT2D eigenvalue weighted by Crippen LogP contribution is -2.51. The first kappa shape index (κ1) is 22.0. The van der Waals surface area contributed by atoms with E-state index >= 15 is 0 Å². The fraction of sp³-hybridized carbons (Fsp3) is 0.417. The molecule has 0 saturated carbocycles. The number of amides is 2. The molecule has 0 aromatic heterocycles. The van der Waals surface area contributed by atoms with Crippen LogP contribution in [0, 0.1) is 0 Å². The molecule has 8 heteroatoms. The van der Waals surface area contributed by atoms with Gasteiger partial charge in [-0.1, -0.05) is 18.2 Å². The smallest absolute Gasteiger partial charge is 0.238 e. The van der Waals surface area contributed by atoms with Gasteiger partial charge in [-0.05, 0) is 18.2 Å². The van der Waals surface area contributed by atoms with Crippen LogP contribution in [0.15, 0.2) is 42.5 Å². The van der Waals surface area contributed by atoms with Crippen LogP contribution in [-0.2, 0) is 9.59 Å². The van der Waals surface area contributed by atoms with Crippen molar-refractivity contribution in [3.05, 3.63) is 48.0 Å². The summed E-state index contributed by atoms with van der Waals surface area (Å²) in [5.74, 6) is 1.97. The zero-order chi connectivity index (χ0) is 22.5. The van der Waals surface area contributed by atoms with Crippen molar-refractivity contribution < 1.29 is 23.8 Å². The number of para-hydroxylation sites is 1. The Hall–Kier alpha value is -3.26. The second-order valence-electron chi connectivity index (χ2n) is 7.97. The van der Waals surface area contributed by atoms with E-state index in [0.717, 1.165) is 17.7 Å². The van der Waals surface area contributed by atoms with Gasteiger partial charge in [-0.3, -0.25) is 14.5 Å². The number of ether oxygens (including phenoxy) is 3. The quantitative estimate of drug-likeness (QED) is 0.772. The van der Waals surface area contributed by atoms with E-state index in [-0.39, 0.29) is 24.4 Å². The minimum Gasteiger partial charge on any atom is -0.496 e. The number of nitrogens with zero attached hydrogens (tertiary/aromatic N) is 2. The Kier molecular flexibility index (Phi) is 6.80. The van der Waals surface area contributed by atoms with Crippen LogP contribution in [0.5, 0.6) is 17.2 Å². The first-order valence-corrected chi connectivity index (χ1v) is 10.9. The van der Waals surface area contributed by atoms with Crippen LogP contribution in [0.3, 0.4) is 0 Å². The number of rotatable bonds is 5. The molecular formula is C24H29N3O5. The highest BCUT2D eigenvalue weighted by molar-refractivity contribution is 5.92. The average Bonchev–Trinajstić information content (AvgIpc) is 3.03. The zero-order valence-corrected chi connectivity index (χ0v) is 18.5. The zero-order valence-electron chi connectivity index (χ0n) is 18.5. The first-order valence-electron chi connectivity index (χ1n) is 10.9. The second kappa shape index (κ2) is 9.91. The number of anilines is 1. The number of fused-ring (bicyclic) bond motifs is 1. The Morgan fingerprint density at radius 1 is 1.09 bits per heavy atom. The van der Waals surface area contributed by atoms with Gasteiger partial charge in [0, 0.05) is 50.3 Å². The highest BCUT2D eigenvalue weighted by Gasteiger charge is 2.32. The molecule has 2 amide bonds. The summed E-state index contributed by atoms with van der Waals surface area (Å²) in [5, 5.41) is 2.95. The van der Waals surface area contributed by atoms with Crippen molar-refractivity contribution >= 4 is 17.5 Å². The summed E-state index contributed by atoms with van der Waals surface area (Å²) >= 11 is 0. The molecule has 0 spiro atoms. The molecule has 4 rings (SSSR count). The van der Waals surface area contributed by atoms with E-state index < -0.39 is 0 Å². The molecule has 2 aliphatic rings. The summed E-state index contributed by atoms with van der Waals surface area (Å²) in [4.78, 5) is 28.9. The second-order valence-corrected chi connectivity index (χ2v) is 7.97. The van der Waals surface area contributed by atoms with Gasteiger partial charge in [-0.2, -0.15) is 0 Å². The third-order valence-electron chi connectivity index (χ3n) is 5.77. The van der Waals surface area contributed by atoms with E-state index in [9.17, 15) is 9.59 Å². The van der Waals surface area contributed by atoms with Gasteiger partial charge in [0.2, 0.25) is 11.8 Å². The van der Waals surface area contributed by atoms with Crippen molar-refractivity contribution in [1.82, 2.24) is 9.80 Å². The lowest BCUT2D eigenvalue weighted by Gasteiger charge is -2.41. The largest absolute Gasteiger partial charge is 0.496 e. The van der Waals surface area contributed by atoms with Crippen molar-refractivity contribution in [3.63, 3.8) is 0 Å². The Morgan fingerprint density at radius 3 is 2.66 bits per heavy atom. The van der Waals surface area contributed by atoms with E-state index in [4.69, 9.17) is 14.2 Å². The van der Waals surface area contributed by atoms with E-state index in [1.54, 1.807) is 20.1 Å². The number of methoxy groups -OCH3 is 1. The number of hydrogen-bond acceptors (Lipinski definition) is 6. The van der Waals surface area contributed by atoms with Crippen molar-refractivity contribution in [2.45, 2.75) is 19.4 Å². The normalized spacial score (nSPS) is 18.6. The van der Waals surface area contributed by atoms with Crippen LogP contribution < -0.4 is 19.5 Å². The maximum Gasteiger partial charge on any atom is 0.238 e. The van der Waals surface area contributed by atoms with Crippen LogP contribution in [0.25, 0.3) is 0 Å². The monoisotopic (exact) mass is 439 g/mol. The van der Waals surface area contributed by atoms with Gasteiger partial charge in [-0.25, -0.2) is 0 Å². The molecule has 1 atom stereocenters. The number of carbonyl (C=O) groups excluding carboxylic acids is 2. The molecule has 0 aliphatic carbocycles. The van der Waals surface area contributed by atoms with Crippen LogP contribution in [0.1, 0.15) is 24.9 Å². The van der Waals surface area contributed by atoms with Gasteiger partial charge in [0.05, 0.1) is 32.9 Å². The summed E-state index contributed by atoms with van der Waals surface area (Å²) in [6, 6.07) is 13.0. The Labute approximate surface area is 188 Å². The topological polar surface area (TPSA) is 80.3 Å². The Morgan fingerprint density at radius 2 is 1.88 bits per heavy atom. The average molecular weight is 440 g/mol. The van der Waals surface area contributed by atoms with E-state index in [1.807, 2.05) is 41.3 Å². The Balaban J connectivity index is 1.43. The molecule has 2 aliphatic heterocycles. The van der Waals surface area contributed by atoms with Gasteiger partial charge in [-0.15, -0.1) is 0 Å². The van der Waals surface area contributed by atoms with Crippen molar-refractivity contribution in [3.8, 4) is 17.2 Å². The molecule has 8 nitrogen and oxygen atoms in total. The number of nitrogens with one attached hydrogen (secondary N) is 1. The summed E-state index contributed by atoms with van der Waals surface area (Å²) in [6.07, 6.45) is 0.829. The van der Waals surface area contributed by atoms with Crippen LogP contribution in [-0.4, -0.2) is 68.1 Å². The number of carbonyl (C=O) groups is 2. The SMILES string of the molecule is COc1ccccc1[C@@H]1CN(CC(=O)Nc2ccc3c(c2)OCCCO3)CCN1C(C)=O. The fourth-order valence-corrected chi connectivity index (χ4v) is 4.21. The van der Waals surface area contributed by atoms with Crippen molar-refractivity contribution in [2.75, 3.05) is 51.8 Å². The predicted octanol–water partition coefficient (Wildman–Crippen LogP) is 2.70.